The van der Waals surface area contributed by atoms with E-state index in [9.17, 15) is 40.9 Å². The van der Waals surface area contributed by atoms with Crippen LogP contribution in [-0.2, 0) is 25.7 Å². The minimum absolute atomic E-state index is 0.196. The van der Waals surface area contributed by atoms with E-state index in [0.717, 1.165) is 152 Å². The van der Waals surface area contributed by atoms with Crippen molar-refractivity contribution in [1.29, 1.82) is 0 Å². The van der Waals surface area contributed by atoms with Gasteiger partial charge in [-0.3, -0.25) is 19.6 Å². The number of aliphatic hydroxyl groups excluding tert-OH is 4. The molecule has 12 rings (SSSR count). The molecule has 0 aliphatic carbocycles. The van der Waals surface area contributed by atoms with Gasteiger partial charge in [0.25, 0.3) is 0 Å². The fraction of sp³-hybridized carbons (Fsp3) is 0.667. The van der Waals surface area contributed by atoms with Crippen LogP contribution < -0.4 is 18.9 Å². The Morgan fingerprint density at radius 2 is 0.534 bits per heavy atom. The SMILES string of the molecule is COc1cc2c(cc1O)[C@@H]1C[C@@H](O)[C@H](CC(C)C)CN1CC2.COc1cc2c(cc1O)[C@@H]1C[C@H](O)[C@H](CC(C)C)CN1CC2.COc1cc2c(cc1O)[C@H]1C[C@@H](O)[C@@H](CC(C)C)CN1CC2.COc1cc2c(cc1O)[C@H]1C[C@H](O)[C@@H](CC(C)C)CN1CC2. The monoisotopic (exact) mass is 1220 g/mol. The highest BCUT2D eigenvalue weighted by Crippen LogP contribution is 2.48. The first-order chi connectivity index (χ1) is 42.0. The van der Waals surface area contributed by atoms with Gasteiger partial charge in [0.1, 0.15) is 0 Å². The fourth-order valence-corrected chi connectivity index (χ4v) is 16.4. The minimum Gasteiger partial charge on any atom is -0.504 e. The average molecular weight is 1220 g/mol. The number of nitrogens with zero attached hydrogens (tertiary/aromatic N) is 4. The summed E-state index contributed by atoms with van der Waals surface area (Å²) in [4.78, 5) is 9.92. The van der Waals surface area contributed by atoms with E-state index < -0.39 is 0 Å². The third kappa shape index (κ3) is 15.5. The molecule has 4 fully saturated rings. The van der Waals surface area contributed by atoms with Crippen molar-refractivity contribution >= 4 is 0 Å². The highest BCUT2D eigenvalue weighted by molar-refractivity contribution is 5.52. The van der Waals surface area contributed by atoms with E-state index in [4.69, 9.17) is 18.9 Å². The molecule has 0 spiro atoms. The summed E-state index contributed by atoms with van der Waals surface area (Å²) in [6.45, 7) is 25.6. The Morgan fingerprint density at radius 1 is 0.341 bits per heavy atom. The third-order valence-corrected chi connectivity index (χ3v) is 20.6. The van der Waals surface area contributed by atoms with Crippen LogP contribution in [0.25, 0.3) is 0 Å². The highest BCUT2D eigenvalue weighted by Gasteiger charge is 2.43. The molecule has 88 heavy (non-hydrogen) atoms. The van der Waals surface area contributed by atoms with Gasteiger partial charge in [-0.05, 0) is 217 Å². The maximum Gasteiger partial charge on any atom is 0.160 e. The molecule has 8 aliphatic heterocycles. The summed E-state index contributed by atoms with van der Waals surface area (Å²) in [6, 6.07) is 16.0. The van der Waals surface area contributed by atoms with E-state index in [1.54, 1.807) is 28.4 Å². The van der Waals surface area contributed by atoms with Crippen molar-refractivity contribution < 1.29 is 59.8 Å². The number of hydrogen-bond donors (Lipinski definition) is 8. The first-order valence-corrected chi connectivity index (χ1v) is 33.2. The molecule has 12 atom stereocenters. The predicted octanol–water partition coefficient (Wildman–Crippen LogP) is 10.9. The number of piperidine rings is 4. The van der Waals surface area contributed by atoms with Crippen molar-refractivity contribution in [2.45, 2.75) is 181 Å². The van der Waals surface area contributed by atoms with Gasteiger partial charge in [-0.25, -0.2) is 0 Å². The summed E-state index contributed by atoms with van der Waals surface area (Å²) in [5, 5.41) is 82.5. The molecule has 0 aromatic heterocycles. The van der Waals surface area contributed by atoms with Crippen LogP contribution in [0.1, 0.15) is 175 Å². The van der Waals surface area contributed by atoms with Crippen LogP contribution in [0.4, 0.5) is 0 Å². The molecule has 488 valence electrons. The summed E-state index contributed by atoms with van der Waals surface area (Å²) in [5.74, 6) is 6.87. The van der Waals surface area contributed by atoms with E-state index in [1.807, 2.05) is 48.5 Å². The van der Waals surface area contributed by atoms with Crippen LogP contribution in [0.3, 0.4) is 0 Å². The van der Waals surface area contributed by atoms with Gasteiger partial charge in [0.2, 0.25) is 0 Å². The van der Waals surface area contributed by atoms with Crippen molar-refractivity contribution in [1.82, 2.24) is 19.6 Å². The number of aromatic hydroxyl groups is 4. The Morgan fingerprint density at radius 3 is 0.705 bits per heavy atom. The number of benzene rings is 4. The zero-order chi connectivity index (χ0) is 63.4. The molecule has 0 radical (unpaired) electrons. The van der Waals surface area contributed by atoms with Gasteiger partial charge in [-0.15, -0.1) is 0 Å². The molecular formula is C72H108N4O12. The molecule has 8 N–H and O–H groups in total. The number of methoxy groups -OCH3 is 4. The number of phenols is 4. The summed E-state index contributed by atoms with van der Waals surface area (Å²) in [7, 11) is 6.32. The van der Waals surface area contributed by atoms with E-state index in [0.29, 0.717) is 70.3 Å². The molecule has 0 bridgehead atoms. The van der Waals surface area contributed by atoms with Crippen LogP contribution in [0.15, 0.2) is 48.5 Å². The van der Waals surface area contributed by atoms with Crippen LogP contribution >= 0.6 is 0 Å². The van der Waals surface area contributed by atoms with E-state index in [2.05, 4.69) is 75.0 Å². The lowest BCUT2D eigenvalue weighted by Crippen LogP contribution is -2.48. The first kappa shape index (κ1) is 67.4. The Kier molecular flexibility index (Phi) is 22.6. The largest absolute Gasteiger partial charge is 0.504 e. The molecule has 16 nitrogen and oxygen atoms in total. The normalized spacial score (nSPS) is 28.3. The Bertz CT molecular complexity index is 2560. The van der Waals surface area contributed by atoms with Gasteiger partial charge in [-0.2, -0.15) is 0 Å². The zero-order valence-electron chi connectivity index (χ0n) is 55.0. The van der Waals surface area contributed by atoms with Crippen molar-refractivity contribution in [2.75, 3.05) is 80.8 Å². The zero-order valence-corrected chi connectivity index (χ0v) is 55.0. The molecule has 4 aromatic carbocycles. The molecule has 8 aliphatic rings. The Hall–Kier alpha value is -5.04. The first-order valence-electron chi connectivity index (χ1n) is 33.2. The Labute approximate surface area is 525 Å². The second kappa shape index (κ2) is 29.5. The molecular weight excluding hydrogens is 1110 g/mol. The molecule has 8 heterocycles. The topological polar surface area (TPSA) is 212 Å². The number of ether oxygens (including phenoxy) is 4. The predicted molar refractivity (Wildman–Crippen MR) is 345 cm³/mol. The third-order valence-electron chi connectivity index (χ3n) is 20.6. The average Bonchev–Trinajstić information content (AvgIpc) is 0.956. The fourth-order valence-electron chi connectivity index (χ4n) is 16.4. The lowest BCUT2D eigenvalue weighted by atomic mass is 9.79. The maximum atomic E-state index is 10.5. The van der Waals surface area contributed by atoms with Gasteiger partial charge in [-0.1, -0.05) is 55.4 Å². The molecule has 4 aromatic rings. The van der Waals surface area contributed by atoms with E-state index in [1.165, 1.54) is 22.3 Å². The Balaban J connectivity index is 0.000000140. The quantitative estimate of drug-likeness (QED) is 0.0663. The van der Waals surface area contributed by atoms with Gasteiger partial charge in [0.05, 0.1) is 52.9 Å². The van der Waals surface area contributed by atoms with Gasteiger partial charge in [0, 0.05) is 76.5 Å². The molecule has 4 saturated heterocycles. The number of aliphatic hydroxyl groups is 4. The number of phenolic OH excluding ortho intramolecular Hbond substituents is 4. The van der Waals surface area contributed by atoms with Crippen LogP contribution in [0.2, 0.25) is 0 Å². The van der Waals surface area contributed by atoms with Crippen molar-refractivity contribution in [2.24, 2.45) is 47.3 Å². The van der Waals surface area contributed by atoms with Crippen molar-refractivity contribution in [3.05, 3.63) is 93.0 Å². The standard InChI is InChI=1S/4C18H27NO3/c4*1-11(2)6-13-10-19-5-4-12-7-18(22-3)17(21)8-14(12)15(19)9-16(13)20/h4*7-8,11,13,15-16,20-21H,4-6,9-10H2,1-3H3/t2*13-,15+,16+;2*13-,15+,16-/m1010/s1. The smallest absolute Gasteiger partial charge is 0.160 e. The van der Waals surface area contributed by atoms with Gasteiger partial charge < -0.3 is 59.8 Å². The van der Waals surface area contributed by atoms with Crippen LogP contribution in [0, 0.1) is 47.3 Å². The number of rotatable bonds is 12. The maximum absolute atomic E-state index is 10.5. The van der Waals surface area contributed by atoms with Crippen LogP contribution in [-0.4, -0.2) is 166 Å². The minimum atomic E-state index is -0.251. The van der Waals surface area contributed by atoms with Crippen molar-refractivity contribution in [3.63, 3.8) is 0 Å². The second-order valence-corrected chi connectivity index (χ2v) is 28.7. The summed E-state index contributed by atoms with van der Waals surface area (Å²) < 4.78 is 20.9. The molecule has 0 amide bonds. The summed E-state index contributed by atoms with van der Waals surface area (Å²) >= 11 is 0. The van der Waals surface area contributed by atoms with Crippen LogP contribution in [0.5, 0.6) is 46.0 Å². The van der Waals surface area contributed by atoms with E-state index >= 15 is 0 Å². The summed E-state index contributed by atoms with van der Waals surface area (Å²) in [6.07, 6.45) is 10.3. The summed E-state index contributed by atoms with van der Waals surface area (Å²) in [5.41, 5.74) is 9.60. The van der Waals surface area contributed by atoms with Crippen molar-refractivity contribution in [3.8, 4) is 46.0 Å². The molecule has 16 heteroatoms. The van der Waals surface area contributed by atoms with Gasteiger partial charge in [0.15, 0.2) is 46.0 Å². The number of fused-ring (bicyclic) bond motifs is 12. The lowest BCUT2D eigenvalue weighted by molar-refractivity contribution is -0.0192. The molecule has 0 saturated carbocycles. The molecule has 0 unspecified atom stereocenters. The lowest BCUT2D eigenvalue weighted by Gasteiger charge is -2.46. The van der Waals surface area contributed by atoms with Gasteiger partial charge >= 0.3 is 0 Å². The second-order valence-electron chi connectivity index (χ2n) is 28.7. The highest BCUT2D eigenvalue weighted by atomic mass is 16.5. The van der Waals surface area contributed by atoms with E-state index in [-0.39, 0.29) is 71.6 Å². The number of hydrogen-bond acceptors (Lipinski definition) is 16.